The lowest BCUT2D eigenvalue weighted by Crippen LogP contribution is -2.16. The van der Waals surface area contributed by atoms with Crippen molar-refractivity contribution in [2.24, 2.45) is 0 Å². The molecule has 11 heteroatoms. The van der Waals surface area contributed by atoms with E-state index in [1.54, 1.807) is 0 Å². The number of nitrogens with one attached hydrogen (secondary N) is 2. The molecule has 0 radical (unpaired) electrons. The summed E-state index contributed by atoms with van der Waals surface area (Å²) in [6.07, 6.45) is -4.66. The van der Waals surface area contributed by atoms with Gasteiger partial charge < -0.3 is 14.8 Å². The van der Waals surface area contributed by atoms with Crippen molar-refractivity contribution in [3.63, 3.8) is 0 Å². The minimum absolute atomic E-state index is 0.0159. The second-order valence-corrected chi connectivity index (χ2v) is 7.54. The van der Waals surface area contributed by atoms with Crippen molar-refractivity contribution in [1.29, 1.82) is 0 Å². The molecule has 1 amide bonds. The van der Waals surface area contributed by atoms with Crippen LogP contribution in [0.4, 0.5) is 24.5 Å². The molecule has 2 rings (SSSR count). The van der Waals surface area contributed by atoms with Crippen LogP contribution in [0.25, 0.3) is 0 Å². The zero-order chi connectivity index (χ0) is 21.7. The van der Waals surface area contributed by atoms with E-state index in [1.807, 2.05) is 0 Å². The predicted molar refractivity (Wildman–Crippen MR) is 100 cm³/mol. The van der Waals surface area contributed by atoms with Gasteiger partial charge in [-0.1, -0.05) is 0 Å². The van der Waals surface area contributed by atoms with Crippen molar-refractivity contribution in [2.75, 3.05) is 30.4 Å². The first kappa shape index (κ1) is 22.5. The molecule has 0 unspecified atom stereocenters. The van der Waals surface area contributed by atoms with Gasteiger partial charge in [-0.05, 0) is 42.5 Å². The van der Waals surface area contributed by atoms with E-state index in [4.69, 9.17) is 9.47 Å². The number of hydrogen-bond donors (Lipinski definition) is 2. The summed E-state index contributed by atoms with van der Waals surface area (Å²) in [7, 11) is -2.79. The van der Waals surface area contributed by atoms with Crippen molar-refractivity contribution in [3.05, 3.63) is 48.0 Å². The molecule has 0 aliphatic heterocycles. The molecule has 0 spiro atoms. The molecule has 0 aliphatic rings. The number of sulfonamides is 1. The third-order valence-corrected chi connectivity index (χ3v) is 4.96. The van der Waals surface area contributed by atoms with E-state index in [0.717, 1.165) is 12.1 Å². The van der Waals surface area contributed by atoms with E-state index in [0.29, 0.717) is 11.8 Å². The van der Waals surface area contributed by atoms with Gasteiger partial charge in [-0.2, -0.15) is 13.2 Å². The summed E-state index contributed by atoms with van der Waals surface area (Å²) in [6, 6.07) is 7.64. The van der Waals surface area contributed by atoms with Gasteiger partial charge in [0.15, 0.2) is 0 Å². The lowest BCUT2D eigenvalue weighted by molar-refractivity contribution is -0.137. The van der Waals surface area contributed by atoms with Gasteiger partial charge in [0.1, 0.15) is 12.4 Å². The van der Waals surface area contributed by atoms with Gasteiger partial charge >= 0.3 is 6.18 Å². The fourth-order valence-electron chi connectivity index (χ4n) is 2.27. The fourth-order valence-corrected chi connectivity index (χ4v) is 3.33. The summed E-state index contributed by atoms with van der Waals surface area (Å²) in [5.74, 6) is -0.408. The Kier molecular flexibility index (Phi) is 7.09. The number of halogens is 3. The van der Waals surface area contributed by atoms with Crippen LogP contribution in [0, 0.1) is 0 Å². The number of ether oxygens (including phenoxy) is 2. The minimum atomic E-state index is -4.66. The highest BCUT2D eigenvalue weighted by atomic mass is 32.2. The molecule has 2 aromatic rings. The molecule has 158 valence electrons. The van der Waals surface area contributed by atoms with Gasteiger partial charge in [0.05, 0.1) is 22.8 Å². The minimum Gasteiger partial charge on any atom is -0.489 e. The Balaban J connectivity index is 2.34. The van der Waals surface area contributed by atoms with E-state index >= 15 is 0 Å². The maximum Gasteiger partial charge on any atom is 0.416 e. The Bertz CT molecular complexity index is 960. The van der Waals surface area contributed by atoms with Crippen LogP contribution in [0.2, 0.25) is 0 Å². The number of anilines is 2. The van der Waals surface area contributed by atoms with Crippen LogP contribution < -0.4 is 14.8 Å². The van der Waals surface area contributed by atoms with E-state index in [2.05, 4.69) is 10.0 Å². The smallest absolute Gasteiger partial charge is 0.416 e. The maximum atomic E-state index is 13.0. The molecule has 0 heterocycles. The van der Waals surface area contributed by atoms with Crippen LogP contribution in [-0.4, -0.2) is 34.6 Å². The molecule has 0 bridgehead atoms. The Hall–Kier alpha value is -2.79. The number of amides is 1. The Labute approximate surface area is 165 Å². The molecule has 2 N–H and O–H groups in total. The third-order valence-electron chi connectivity index (χ3n) is 3.58. The van der Waals surface area contributed by atoms with Crippen molar-refractivity contribution in [2.45, 2.75) is 18.0 Å². The summed E-state index contributed by atoms with van der Waals surface area (Å²) >= 11 is 0. The van der Waals surface area contributed by atoms with E-state index in [-0.39, 0.29) is 35.5 Å². The Morgan fingerprint density at radius 1 is 1.07 bits per heavy atom. The quantitative estimate of drug-likeness (QED) is 0.623. The molecule has 0 fully saturated rings. The van der Waals surface area contributed by atoms with Gasteiger partial charge in [-0.3, -0.25) is 9.52 Å². The first-order valence-corrected chi connectivity index (χ1v) is 9.74. The Morgan fingerprint density at radius 3 is 2.28 bits per heavy atom. The van der Waals surface area contributed by atoms with E-state index in [1.165, 1.54) is 38.3 Å². The molecule has 0 saturated heterocycles. The monoisotopic (exact) mass is 432 g/mol. The van der Waals surface area contributed by atoms with Crippen molar-refractivity contribution >= 4 is 27.3 Å². The van der Waals surface area contributed by atoms with Gasteiger partial charge in [0.25, 0.3) is 10.0 Å². The summed E-state index contributed by atoms with van der Waals surface area (Å²) in [5, 5.41) is 2.48. The second kappa shape index (κ2) is 9.14. The van der Waals surface area contributed by atoms with Gasteiger partial charge in [0.2, 0.25) is 5.91 Å². The van der Waals surface area contributed by atoms with Crippen molar-refractivity contribution < 1.29 is 35.9 Å². The molecule has 0 aromatic heterocycles. The lowest BCUT2D eigenvalue weighted by atomic mass is 10.2. The average Bonchev–Trinajstić information content (AvgIpc) is 2.62. The van der Waals surface area contributed by atoms with Crippen molar-refractivity contribution in [3.8, 4) is 5.75 Å². The molecular formula is C18H19F3N2O5S. The number of hydrogen-bond acceptors (Lipinski definition) is 5. The number of benzene rings is 2. The fraction of sp³-hybridized carbons (Fsp3) is 0.278. The van der Waals surface area contributed by atoms with Crippen molar-refractivity contribution in [1.82, 2.24) is 0 Å². The normalized spacial score (nSPS) is 11.8. The van der Waals surface area contributed by atoms with Gasteiger partial charge in [0, 0.05) is 19.7 Å². The van der Waals surface area contributed by atoms with Crippen LogP contribution in [0.15, 0.2) is 47.4 Å². The average molecular weight is 432 g/mol. The maximum absolute atomic E-state index is 13.0. The lowest BCUT2D eigenvalue weighted by Gasteiger charge is -2.16. The van der Waals surface area contributed by atoms with Crippen LogP contribution in [-0.2, 0) is 25.7 Å². The largest absolute Gasteiger partial charge is 0.489 e. The number of alkyl halides is 3. The predicted octanol–water partition coefficient (Wildman–Crippen LogP) is 3.49. The number of rotatable bonds is 8. The number of carbonyl (C=O) groups is 1. The highest BCUT2D eigenvalue weighted by molar-refractivity contribution is 7.92. The molecule has 0 atom stereocenters. The summed E-state index contributed by atoms with van der Waals surface area (Å²) in [6.45, 7) is 1.48. The zero-order valence-corrected chi connectivity index (χ0v) is 16.4. The molecular weight excluding hydrogens is 413 g/mol. The summed E-state index contributed by atoms with van der Waals surface area (Å²) in [4.78, 5) is 10.8. The highest BCUT2D eigenvalue weighted by Crippen LogP contribution is 2.36. The molecule has 7 nitrogen and oxygen atoms in total. The first-order chi connectivity index (χ1) is 13.5. The summed E-state index contributed by atoms with van der Waals surface area (Å²) < 4.78 is 76.6. The third kappa shape index (κ3) is 6.36. The van der Waals surface area contributed by atoms with Crippen LogP contribution in [0.3, 0.4) is 0 Å². The van der Waals surface area contributed by atoms with Crippen LogP contribution >= 0.6 is 0 Å². The van der Waals surface area contributed by atoms with Gasteiger partial charge in [-0.25, -0.2) is 8.42 Å². The van der Waals surface area contributed by atoms with Crippen LogP contribution in [0.5, 0.6) is 5.75 Å². The SMILES string of the molecule is COCCOc1ccc(C(F)(F)F)cc1NS(=O)(=O)c1ccc(NC(C)=O)cc1. The first-order valence-electron chi connectivity index (χ1n) is 8.26. The standard InChI is InChI=1S/C18H19F3N2O5S/c1-12(24)22-14-4-6-15(7-5-14)29(25,26)23-16-11-13(18(19,20)21)3-8-17(16)28-10-9-27-2/h3-8,11,23H,9-10H2,1-2H3,(H,22,24). The van der Waals surface area contributed by atoms with Crippen LogP contribution in [0.1, 0.15) is 12.5 Å². The zero-order valence-electron chi connectivity index (χ0n) is 15.5. The molecule has 29 heavy (non-hydrogen) atoms. The molecule has 0 saturated carbocycles. The number of methoxy groups -OCH3 is 1. The summed E-state index contributed by atoms with van der Waals surface area (Å²) in [5.41, 5.74) is -1.02. The highest BCUT2D eigenvalue weighted by Gasteiger charge is 2.32. The second-order valence-electron chi connectivity index (χ2n) is 5.86. The van der Waals surface area contributed by atoms with Gasteiger partial charge in [-0.15, -0.1) is 0 Å². The molecule has 0 aliphatic carbocycles. The van der Waals surface area contributed by atoms with E-state index < -0.39 is 21.8 Å². The number of carbonyl (C=O) groups excluding carboxylic acids is 1. The Morgan fingerprint density at radius 2 is 1.72 bits per heavy atom. The molecule has 2 aromatic carbocycles. The van der Waals surface area contributed by atoms with E-state index in [9.17, 15) is 26.4 Å². The topological polar surface area (TPSA) is 93.7 Å².